The second-order valence-corrected chi connectivity index (χ2v) is 7.84. The molecule has 1 aliphatic rings. The Morgan fingerprint density at radius 2 is 1.81 bits per heavy atom. The molecule has 0 bridgehead atoms. The van der Waals surface area contributed by atoms with E-state index in [1.165, 1.54) is 29.8 Å². The maximum Gasteiger partial charge on any atom is 0.254 e. The number of hydrogen-bond acceptors (Lipinski definition) is 4. The van der Waals surface area contributed by atoms with E-state index < -0.39 is 10.0 Å². The Morgan fingerprint density at radius 1 is 1.12 bits per heavy atom. The van der Waals surface area contributed by atoms with Gasteiger partial charge < -0.3 is 4.90 Å². The molecule has 0 atom stereocenters. The van der Waals surface area contributed by atoms with Crippen LogP contribution in [0.3, 0.4) is 0 Å². The molecule has 3 rings (SSSR count). The standard InChI is InChI=1S/C19H19N3O3S/c20-11-3-12-21-26(24,25)18-8-6-16(7-9-18)19(23)22-13-10-15-4-1-2-5-17(15)14-22/h1-2,4-9,21H,3,10,12-14H2. The number of carbonyl (C=O) groups is 1. The summed E-state index contributed by atoms with van der Waals surface area (Å²) < 4.78 is 26.6. The molecule has 0 saturated carbocycles. The van der Waals surface area contributed by atoms with Crippen LogP contribution >= 0.6 is 0 Å². The van der Waals surface area contributed by atoms with Gasteiger partial charge in [-0.1, -0.05) is 24.3 Å². The van der Waals surface area contributed by atoms with Crippen LogP contribution in [0.25, 0.3) is 0 Å². The van der Waals surface area contributed by atoms with E-state index in [0.29, 0.717) is 18.7 Å². The smallest absolute Gasteiger partial charge is 0.254 e. The Bertz CT molecular complexity index is 947. The first kappa shape index (κ1) is 18.1. The van der Waals surface area contributed by atoms with E-state index in [1.807, 2.05) is 24.3 Å². The van der Waals surface area contributed by atoms with Crippen molar-refractivity contribution in [1.29, 1.82) is 5.26 Å². The molecule has 0 spiro atoms. The second-order valence-electron chi connectivity index (χ2n) is 6.08. The Balaban J connectivity index is 1.71. The quantitative estimate of drug-likeness (QED) is 0.817. The number of benzene rings is 2. The molecule has 1 aliphatic heterocycles. The third-order valence-electron chi connectivity index (χ3n) is 4.36. The molecular formula is C19H19N3O3S. The van der Waals surface area contributed by atoms with Gasteiger partial charge >= 0.3 is 0 Å². The van der Waals surface area contributed by atoms with Crippen molar-refractivity contribution in [2.45, 2.75) is 24.3 Å². The Labute approximate surface area is 153 Å². The second kappa shape index (κ2) is 7.68. The summed E-state index contributed by atoms with van der Waals surface area (Å²) in [5.41, 5.74) is 2.87. The van der Waals surface area contributed by atoms with Gasteiger partial charge in [0.1, 0.15) is 0 Å². The first-order valence-corrected chi connectivity index (χ1v) is 9.82. The van der Waals surface area contributed by atoms with E-state index in [9.17, 15) is 13.2 Å². The maximum absolute atomic E-state index is 12.7. The summed E-state index contributed by atoms with van der Waals surface area (Å²) >= 11 is 0. The van der Waals surface area contributed by atoms with Crippen LogP contribution in [-0.4, -0.2) is 32.3 Å². The molecular weight excluding hydrogens is 350 g/mol. The van der Waals surface area contributed by atoms with Crippen molar-refractivity contribution in [2.75, 3.05) is 13.1 Å². The topological polar surface area (TPSA) is 90.3 Å². The minimum absolute atomic E-state index is 0.0622. The lowest BCUT2D eigenvalue weighted by molar-refractivity contribution is 0.0734. The predicted octanol–water partition coefficient (Wildman–Crippen LogP) is 2.08. The van der Waals surface area contributed by atoms with E-state index in [0.717, 1.165) is 12.0 Å². The molecule has 0 radical (unpaired) electrons. The highest BCUT2D eigenvalue weighted by molar-refractivity contribution is 7.89. The molecule has 2 aromatic rings. The fourth-order valence-corrected chi connectivity index (χ4v) is 3.98. The molecule has 0 aliphatic carbocycles. The van der Waals surface area contributed by atoms with Gasteiger partial charge in [-0.25, -0.2) is 13.1 Å². The molecule has 134 valence electrons. The van der Waals surface area contributed by atoms with Gasteiger partial charge in [-0.3, -0.25) is 4.79 Å². The fourth-order valence-electron chi connectivity index (χ4n) is 2.95. The van der Waals surface area contributed by atoms with Gasteiger partial charge in [0.05, 0.1) is 11.0 Å². The number of carbonyl (C=O) groups excluding carboxylic acids is 1. The SMILES string of the molecule is N#CCCNS(=O)(=O)c1ccc(C(=O)N2CCc3ccccc3C2)cc1. The summed E-state index contributed by atoms with van der Waals surface area (Å²) in [5, 5.41) is 8.49. The van der Waals surface area contributed by atoms with Crippen LogP contribution in [0.15, 0.2) is 53.4 Å². The number of rotatable bonds is 5. The highest BCUT2D eigenvalue weighted by atomic mass is 32.2. The zero-order valence-electron chi connectivity index (χ0n) is 14.2. The lowest BCUT2D eigenvalue weighted by Gasteiger charge is -2.29. The summed E-state index contributed by atoms with van der Waals surface area (Å²) in [6.45, 7) is 1.27. The van der Waals surface area contributed by atoms with Gasteiger partial charge in [-0.05, 0) is 41.8 Å². The maximum atomic E-state index is 12.7. The van der Waals surface area contributed by atoms with E-state index in [-0.39, 0.29) is 23.8 Å². The molecule has 7 heteroatoms. The minimum Gasteiger partial charge on any atom is -0.334 e. The number of sulfonamides is 1. The van der Waals surface area contributed by atoms with E-state index in [2.05, 4.69) is 10.8 Å². The molecule has 1 heterocycles. The monoisotopic (exact) mass is 369 g/mol. The normalized spacial score (nSPS) is 13.7. The van der Waals surface area contributed by atoms with Crippen LogP contribution in [0, 0.1) is 11.3 Å². The van der Waals surface area contributed by atoms with Crippen molar-refractivity contribution in [3.05, 3.63) is 65.2 Å². The van der Waals surface area contributed by atoms with Crippen molar-refractivity contribution in [3.8, 4) is 6.07 Å². The fraction of sp³-hybridized carbons (Fsp3) is 0.263. The summed E-state index contributed by atoms with van der Waals surface area (Å²) in [5.74, 6) is -0.110. The minimum atomic E-state index is -3.67. The molecule has 1 amide bonds. The van der Waals surface area contributed by atoms with Crippen molar-refractivity contribution < 1.29 is 13.2 Å². The third kappa shape index (κ3) is 3.93. The van der Waals surface area contributed by atoms with Crippen molar-refractivity contribution >= 4 is 15.9 Å². The average Bonchev–Trinajstić information content (AvgIpc) is 2.67. The van der Waals surface area contributed by atoms with E-state index in [4.69, 9.17) is 5.26 Å². The average molecular weight is 369 g/mol. The lowest BCUT2D eigenvalue weighted by atomic mass is 9.99. The highest BCUT2D eigenvalue weighted by Gasteiger charge is 2.22. The number of nitrogens with one attached hydrogen (secondary N) is 1. The van der Waals surface area contributed by atoms with Gasteiger partial charge in [0.15, 0.2) is 0 Å². The molecule has 0 unspecified atom stereocenters. The summed E-state index contributed by atoms with van der Waals surface area (Å²) in [7, 11) is -3.67. The van der Waals surface area contributed by atoms with Gasteiger partial charge in [0.2, 0.25) is 10.0 Å². The van der Waals surface area contributed by atoms with Crippen LogP contribution in [0.5, 0.6) is 0 Å². The number of amides is 1. The zero-order chi connectivity index (χ0) is 18.6. The van der Waals surface area contributed by atoms with Crippen molar-refractivity contribution in [3.63, 3.8) is 0 Å². The van der Waals surface area contributed by atoms with Crippen LogP contribution < -0.4 is 4.72 Å². The molecule has 1 N–H and O–H groups in total. The van der Waals surface area contributed by atoms with E-state index in [1.54, 1.807) is 4.90 Å². The van der Waals surface area contributed by atoms with Crippen LogP contribution in [-0.2, 0) is 23.0 Å². The van der Waals surface area contributed by atoms with Crippen molar-refractivity contribution in [2.24, 2.45) is 0 Å². The molecule has 2 aromatic carbocycles. The Hall–Kier alpha value is -2.69. The first-order chi connectivity index (χ1) is 12.5. The van der Waals surface area contributed by atoms with Gasteiger partial charge in [-0.15, -0.1) is 0 Å². The van der Waals surface area contributed by atoms with Crippen molar-refractivity contribution in [1.82, 2.24) is 9.62 Å². The Kier molecular flexibility index (Phi) is 5.35. The predicted molar refractivity (Wildman–Crippen MR) is 96.7 cm³/mol. The first-order valence-electron chi connectivity index (χ1n) is 8.34. The molecule has 0 aromatic heterocycles. The molecule has 26 heavy (non-hydrogen) atoms. The summed E-state index contributed by atoms with van der Waals surface area (Å²) in [6.07, 6.45) is 0.920. The van der Waals surface area contributed by atoms with Gasteiger partial charge in [-0.2, -0.15) is 5.26 Å². The molecule has 0 fully saturated rings. The number of fused-ring (bicyclic) bond motifs is 1. The summed E-state index contributed by atoms with van der Waals surface area (Å²) in [6, 6.07) is 15.8. The zero-order valence-corrected chi connectivity index (χ0v) is 15.0. The van der Waals surface area contributed by atoms with Crippen LogP contribution in [0.2, 0.25) is 0 Å². The van der Waals surface area contributed by atoms with Crippen LogP contribution in [0.1, 0.15) is 27.9 Å². The Morgan fingerprint density at radius 3 is 2.50 bits per heavy atom. The van der Waals surface area contributed by atoms with Crippen LogP contribution in [0.4, 0.5) is 0 Å². The lowest BCUT2D eigenvalue weighted by Crippen LogP contribution is -2.35. The highest BCUT2D eigenvalue weighted by Crippen LogP contribution is 2.21. The number of hydrogen-bond donors (Lipinski definition) is 1. The number of nitrogens with zero attached hydrogens (tertiary/aromatic N) is 2. The third-order valence-corrected chi connectivity index (χ3v) is 5.84. The number of nitriles is 1. The van der Waals surface area contributed by atoms with Gasteiger partial charge in [0.25, 0.3) is 5.91 Å². The molecule has 0 saturated heterocycles. The largest absolute Gasteiger partial charge is 0.334 e. The molecule has 6 nitrogen and oxygen atoms in total. The van der Waals surface area contributed by atoms with Gasteiger partial charge in [0, 0.05) is 31.6 Å². The van der Waals surface area contributed by atoms with E-state index >= 15 is 0 Å². The summed E-state index contributed by atoms with van der Waals surface area (Å²) in [4.78, 5) is 14.6.